The molecule has 1 aromatic heterocycles. The number of piperidine rings is 1. The topological polar surface area (TPSA) is 137 Å². The molecular weight excluding hydrogens is 508 g/mol. The largest absolute Gasteiger partial charge is 0.381 e. The average Bonchev–Trinajstić information content (AvgIpc) is 3.33. The van der Waals surface area contributed by atoms with E-state index in [4.69, 9.17) is 4.74 Å². The number of amides is 3. The Morgan fingerprint density at radius 2 is 1.98 bits per heavy atom. The molecule has 2 aromatic rings. The van der Waals surface area contributed by atoms with Crippen LogP contribution in [0.25, 0.3) is 10.8 Å². The van der Waals surface area contributed by atoms with Crippen LogP contribution < -0.4 is 10.6 Å². The van der Waals surface area contributed by atoms with Crippen molar-refractivity contribution in [3.8, 4) is 6.07 Å². The molecular formula is C30H38N6O4. The van der Waals surface area contributed by atoms with Gasteiger partial charge in [0.05, 0.1) is 12.3 Å². The van der Waals surface area contributed by atoms with Gasteiger partial charge in [-0.1, -0.05) is 58.9 Å². The van der Waals surface area contributed by atoms with Crippen molar-refractivity contribution in [2.75, 3.05) is 19.8 Å². The number of nitrogens with zero attached hydrogens (tertiary/aromatic N) is 4. The first-order valence-electron chi connectivity index (χ1n) is 14.0. The van der Waals surface area contributed by atoms with Crippen molar-refractivity contribution < 1.29 is 19.1 Å². The summed E-state index contributed by atoms with van der Waals surface area (Å²) in [5, 5.41) is 25.6. The van der Waals surface area contributed by atoms with Crippen LogP contribution in [0.2, 0.25) is 0 Å². The molecule has 10 heteroatoms. The van der Waals surface area contributed by atoms with Gasteiger partial charge in [-0.15, -0.1) is 0 Å². The van der Waals surface area contributed by atoms with Gasteiger partial charge >= 0.3 is 0 Å². The van der Waals surface area contributed by atoms with E-state index in [0.717, 1.165) is 17.2 Å². The summed E-state index contributed by atoms with van der Waals surface area (Å²) in [7, 11) is 0. The molecule has 40 heavy (non-hydrogen) atoms. The Labute approximate surface area is 234 Å². The second kappa shape index (κ2) is 10.4. The molecule has 3 heterocycles. The van der Waals surface area contributed by atoms with Crippen molar-refractivity contribution >= 4 is 28.5 Å². The number of carbonyl (C=O) groups is 3. The Morgan fingerprint density at radius 1 is 1.23 bits per heavy atom. The van der Waals surface area contributed by atoms with Crippen molar-refractivity contribution in [3.63, 3.8) is 0 Å². The summed E-state index contributed by atoms with van der Waals surface area (Å²) in [4.78, 5) is 42.5. The van der Waals surface area contributed by atoms with E-state index in [1.807, 2.05) is 45.0 Å². The lowest BCUT2D eigenvalue weighted by atomic mass is 9.85. The van der Waals surface area contributed by atoms with Gasteiger partial charge in [-0.25, -0.2) is 0 Å². The Morgan fingerprint density at radius 3 is 2.65 bits per heavy atom. The molecule has 3 fully saturated rings. The summed E-state index contributed by atoms with van der Waals surface area (Å²) in [5.74, 6) is -0.582. The molecule has 2 saturated heterocycles. The molecule has 5 rings (SSSR count). The van der Waals surface area contributed by atoms with Crippen LogP contribution >= 0.6 is 0 Å². The van der Waals surface area contributed by atoms with Gasteiger partial charge in [0.25, 0.3) is 0 Å². The van der Waals surface area contributed by atoms with Gasteiger partial charge in [0.15, 0.2) is 6.04 Å². The summed E-state index contributed by atoms with van der Waals surface area (Å²) in [6.45, 7) is 11.6. The van der Waals surface area contributed by atoms with Gasteiger partial charge in [0.1, 0.15) is 17.8 Å². The van der Waals surface area contributed by atoms with Gasteiger partial charge in [-0.2, -0.15) is 15.5 Å². The highest BCUT2D eigenvalue weighted by molar-refractivity contribution is 5.94. The van der Waals surface area contributed by atoms with Crippen molar-refractivity contribution in [2.45, 2.75) is 65.6 Å². The summed E-state index contributed by atoms with van der Waals surface area (Å²) in [6, 6.07) is 7.01. The molecule has 3 aliphatic rings. The number of benzene rings is 1. The third-order valence-corrected chi connectivity index (χ3v) is 8.96. The molecule has 2 unspecified atom stereocenters. The van der Waals surface area contributed by atoms with Gasteiger partial charge in [-0.3, -0.25) is 14.4 Å². The van der Waals surface area contributed by atoms with E-state index in [1.54, 1.807) is 11.1 Å². The summed E-state index contributed by atoms with van der Waals surface area (Å²) >= 11 is 0. The molecule has 0 bridgehead atoms. The highest BCUT2D eigenvalue weighted by atomic mass is 16.5. The van der Waals surface area contributed by atoms with E-state index >= 15 is 0 Å². The number of hydrogen-bond donors (Lipinski definition) is 2. The third kappa shape index (κ3) is 5.15. The fourth-order valence-corrected chi connectivity index (χ4v) is 6.51. The number of fused-ring (bicyclic) bond motifs is 2. The lowest BCUT2D eigenvalue weighted by Gasteiger charge is -2.38. The van der Waals surface area contributed by atoms with E-state index in [2.05, 4.69) is 40.7 Å². The maximum atomic E-state index is 14.1. The normalized spacial score (nSPS) is 26.4. The number of rotatable bonds is 7. The SMILES string of the molecule is CC(C)(C)[C@H](NC(=O)CC1CCOC1)C(=O)N1C[C@H]2[C@@H]([C@H]1C(=O)NC(C#N)c1nncc3ccccc13)C2(C)C. The Balaban J connectivity index is 1.38. The Hall–Kier alpha value is -3.58. The summed E-state index contributed by atoms with van der Waals surface area (Å²) in [6.07, 6.45) is 2.75. The average molecular weight is 547 g/mol. The summed E-state index contributed by atoms with van der Waals surface area (Å²) in [5.41, 5.74) is -0.314. The number of nitrogens with one attached hydrogen (secondary N) is 2. The number of carbonyl (C=O) groups excluding carboxylic acids is 3. The Bertz CT molecular complexity index is 1350. The monoisotopic (exact) mass is 546 g/mol. The first-order valence-corrected chi connectivity index (χ1v) is 14.0. The van der Waals surface area contributed by atoms with Crippen molar-refractivity contribution in [1.29, 1.82) is 5.26 Å². The molecule has 10 nitrogen and oxygen atoms in total. The molecule has 2 N–H and O–H groups in total. The van der Waals surface area contributed by atoms with Gasteiger partial charge in [0, 0.05) is 37.0 Å². The molecule has 1 aromatic carbocycles. The fourth-order valence-electron chi connectivity index (χ4n) is 6.51. The molecule has 212 valence electrons. The fraction of sp³-hybridized carbons (Fsp3) is 0.600. The van der Waals surface area contributed by atoms with Crippen LogP contribution in [0.1, 0.15) is 59.2 Å². The zero-order chi connectivity index (χ0) is 28.8. The zero-order valence-electron chi connectivity index (χ0n) is 23.8. The number of aromatic nitrogens is 2. The van der Waals surface area contributed by atoms with Crippen LogP contribution in [0, 0.1) is 39.9 Å². The highest BCUT2D eigenvalue weighted by Gasteiger charge is 2.69. The van der Waals surface area contributed by atoms with Crippen molar-refractivity contribution in [3.05, 3.63) is 36.2 Å². The lowest BCUT2D eigenvalue weighted by Crippen LogP contribution is -2.59. The van der Waals surface area contributed by atoms with E-state index in [1.165, 1.54) is 0 Å². The van der Waals surface area contributed by atoms with Gasteiger partial charge in [-0.05, 0) is 35.0 Å². The second-order valence-electron chi connectivity index (χ2n) is 13.1. The van der Waals surface area contributed by atoms with Crippen LogP contribution in [0.3, 0.4) is 0 Å². The van der Waals surface area contributed by atoms with E-state index < -0.39 is 29.4 Å². The maximum absolute atomic E-state index is 14.1. The van der Waals surface area contributed by atoms with Crippen LogP contribution in [0.4, 0.5) is 0 Å². The quantitative estimate of drug-likeness (QED) is 0.545. The van der Waals surface area contributed by atoms with Gasteiger partial charge < -0.3 is 20.3 Å². The van der Waals surface area contributed by atoms with E-state index in [0.29, 0.717) is 31.9 Å². The molecule has 6 atom stereocenters. The van der Waals surface area contributed by atoms with Gasteiger partial charge in [0.2, 0.25) is 17.7 Å². The van der Waals surface area contributed by atoms with Crippen molar-refractivity contribution in [1.82, 2.24) is 25.7 Å². The van der Waals surface area contributed by atoms with Crippen molar-refractivity contribution in [2.24, 2.45) is 28.6 Å². The zero-order valence-corrected chi connectivity index (χ0v) is 23.8. The first kappa shape index (κ1) is 28.0. The highest BCUT2D eigenvalue weighted by Crippen LogP contribution is 2.65. The number of hydrogen-bond acceptors (Lipinski definition) is 7. The summed E-state index contributed by atoms with van der Waals surface area (Å²) < 4.78 is 5.40. The minimum atomic E-state index is -1.03. The van der Waals surface area contributed by atoms with Crippen LogP contribution in [0.5, 0.6) is 0 Å². The van der Waals surface area contributed by atoms with Crippen LogP contribution in [-0.2, 0) is 19.1 Å². The minimum Gasteiger partial charge on any atom is -0.381 e. The standard InChI is InChI=1S/C30H38N6O4/c1-29(2,3)26(34-22(37)12-17-10-11-40-16-17)28(39)36-15-20-23(30(20,4)5)25(36)27(38)33-21(13-31)24-19-9-7-6-8-18(19)14-32-35-24/h6-9,14,17,20-21,23,25-26H,10-12,15-16H2,1-5H3,(H,33,38)(H,34,37)/t17?,20-,21?,23-,25-,26+/m0/s1. The third-order valence-electron chi connectivity index (χ3n) is 8.96. The number of likely N-dealkylation sites (tertiary alicyclic amines) is 1. The number of nitriles is 1. The molecule has 0 spiro atoms. The molecule has 0 radical (unpaired) electrons. The Kier molecular flexibility index (Phi) is 7.29. The molecule has 3 amide bonds. The molecule has 1 saturated carbocycles. The second-order valence-corrected chi connectivity index (χ2v) is 13.1. The predicted octanol–water partition coefficient (Wildman–Crippen LogP) is 2.75. The minimum absolute atomic E-state index is 0.0404. The molecule has 1 aliphatic carbocycles. The van der Waals surface area contributed by atoms with Crippen LogP contribution in [0.15, 0.2) is 30.5 Å². The van der Waals surface area contributed by atoms with E-state index in [9.17, 15) is 19.6 Å². The van der Waals surface area contributed by atoms with E-state index in [-0.39, 0.29) is 35.0 Å². The lowest BCUT2D eigenvalue weighted by molar-refractivity contribution is -0.145. The van der Waals surface area contributed by atoms with Crippen LogP contribution in [-0.4, -0.2) is 64.7 Å². The maximum Gasteiger partial charge on any atom is 0.246 e. The predicted molar refractivity (Wildman–Crippen MR) is 147 cm³/mol. The molecule has 2 aliphatic heterocycles. The smallest absolute Gasteiger partial charge is 0.246 e. The first-order chi connectivity index (χ1) is 18.9. The number of ether oxygens (including phenoxy) is 1.